The van der Waals surface area contributed by atoms with Crippen molar-refractivity contribution in [1.29, 1.82) is 0 Å². The van der Waals surface area contributed by atoms with Crippen molar-refractivity contribution < 1.29 is 4.74 Å². The maximum absolute atomic E-state index is 6.18. The Morgan fingerprint density at radius 2 is 2.12 bits per heavy atom. The molecule has 0 saturated carbocycles. The van der Waals surface area contributed by atoms with Gasteiger partial charge in [0.1, 0.15) is 0 Å². The summed E-state index contributed by atoms with van der Waals surface area (Å²) in [6, 6.07) is 10.2. The summed E-state index contributed by atoms with van der Waals surface area (Å²) in [6.07, 6.45) is 3.69. The van der Waals surface area contributed by atoms with Gasteiger partial charge in [0.05, 0.1) is 5.69 Å². The molecule has 0 aliphatic rings. The van der Waals surface area contributed by atoms with Crippen molar-refractivity contribution >= 4 is 10.8 Å². The Kier molecular flexibility index (Phi) is 4.07. The van der Waals surface area contributed by atoms with Gasteiger partial charge in [-0.2, -0.15) is 0 Å². The van der Waals surface area contributed by atoms with Crippen LogP contribution in [0.5, 0.6) is 0 Å². The number of ether oxygens (including phenoxy) is 1. The number of hydrogen-bond acceptors (Lipinski definition) is 3. The molecule has 0 saturated heterocycles. The van der Waals surface area contributed by atoms with Crippen molar-refractivity contribution in [2.45, 2.75) is 18.9 Å². The molecule has 1 unspecified atom stereocenters. The molecule has 1 atom stereocenters. The average molecular weight is 230 g/mol. The highest BCUT2D eigenvalue weighted by Gasteiger charge is 2.10. The lowest BCUT2D eigenvalue weighted by Crippen LogP contribution is -2.13. The Hall–Kier alpha value is -1.45. The fourth-order valence-corrected chi connectivity index (χ4v) is 2.02. The smallest absolute Gasteiger partial charge is 0.0649 e. The van der Waals surface area contributed by atoms with E-state index in [1.165, 1.54) is 5.39 Å². The van der Waals surface area contributed by atoms with Crippen LogP contribution in [-0.4, -0.2) is 18.7 Å². The monoisotopic (exact) mass is 230 g/mol. The van der Waals surface area contributed by atoms with Crippen LogP contribution in [0.1, 0.15) is 24.6 Å². The van der Waals surface area contributed by atoms with E-state index in [-0.39, 0.29) is 6.04 Å². The molecule has 0 amide bonds. The summed E-state index contributed by atoms with van der Waals surface area (Å²) >= 11 is 0. The largest absolute Gasteiger partial charge is 0.385 e. The molecule has 0 radical (unpaired) electrons. The van der Waals surface area contributed by atoms with Gasteiger partial charge in [-0.25, -0.2) is 0 Å². The highest BCUT2D eigenvalue weighted by atomic mass is 16.5. The van der Waals surface area contributed by atoms with Crippen LogP contribution >= 0.6 is 0 Å². The van der Waals surface area contributed by atoms with Crippen molar-refractivity contribution in [2.24, 2.45) is 5.73 Å². The molecule has 0 aliphatic carbocycles. The highest BCUT2D eigenvalue weighted by molar-refractivity contribution is 5.84. The number of rotatable bonds is 5. The van der Waals surface area contributed by atoms with Gasteiger partial charge in [0.15, 0.2) is 0 Å². The third-order valence-electron chi connectivity index (χ3n) is 2.92. The van der Waals surface area contributed by atoms with Crippen LogP contribution in [0, 0.1) is 0 Å². The first kappa shape index (κ1) is 12.0. The summed E-state index contributed by atoms with van der Waals surface area (Å²) in [7, 11) is 1.71. The lowest BCUT2D eigenvalue weighted by molar-refractivity contribution is 0.190. The molecule has 90 valence electrons. The van der Waals surface area contributed by atoms with Crippen LogP contribution in [0.3, 0.4) is 0 Å². The zero-order valence-electron chi connectivity index (χ0n) is 10.1. The first-order chi connectivity index (χ1) is 8.33. The van der Waals surface area contributed by atoms with Gasteiger partial charge in [-0.15, -0.1) is 0 Å². The third-order valence-corrected chi connectivity index (χ3v) is 2.92. The third kappa shape index (κ3) is 2.81. The summed E-state index contributed by atoms with van der Waals surface area (Å²) < 4.78 is 5.04. The average Bonchev–Trinajstić information content (AvgIpc) is 2.38. The van der Waals surface area contributed by atoms with E-state index in [1.807, 2.05) is 24.4 Å². The number of fused-ring (bicyclic) bond motifs is 1. The number of pyridine rings is 1. The number of benzene rings is 1. The Labute approximate surface area is 102 Å². The second-order valence-electron chi connectivity index (χ2n) is 4.16. The Bertz CT molecular complexity index is 479. The first-order valence-electron chi connectivity index (χ1n) is 5.91. The number of methoxy groups -OCH3 is 1. The molecule has 17 heavy (non-hydrogen) atoms. The van der Waals surface area contributed by atoms with Crippen LogP contribution in [0.25, 0.3) is 10.8 Å². The summed E-state index contributed by atoms with van der Waals surface area (Å²) in [6.45, 7) is 0.748. The molecule has 1 aromatic carbocycles. The molecule has 2 rings (SSSR count). The van der Waals surface area contributed by atoms with Gasteiger partial charge in [-0.3, -0.25) is 4.98 Å². The fraction of sp³-hybridized carbons (Fsp3) is 0.357. The molecule has 3 heteroatoms. The minimum atomic E-state index is -0.0174. The van der Waals surface area contributed by atoms with E-state index < -0.39 is 0 Å². The van der Waals surface area contributed by atoms with E-state index in [0.29, 0.717) is 0 Å². The van der Waals surface area contributed by atoms with Gasteiger partial charge in [0.25, 0.3) is 0 Å². The van der Waals surface area contributed by atoms with E-state index in [9.17, 15) is 0 Å². The van der Waals surface area contributed by atoms with E-state index in [4.69, 9.17) is 10.5 Å². The lowest BCUT2D eigenvalue weighted by atomic mass is 10.0. The second-order valence-corrected chi connectivity index (χ2v) is 4.16. The maximum atomic E-state index is 6.18. The van der Waals surface area contributed by atoms with Crippen LogP contribution in [0.2, 0.25) is 0 Å². The van der Waals surface area contributed by atoms with Crippen LogP contribution in [-0.2, 0) is 4.74 Å². The zero-order chi connectivity index (χ0) is 12.1. The van der Waals surface area contributed by atoms with Crippen molar-refractivity contribution in [2.75, 3.05) is 13.7 Å². The summed E-state index contributed by atoms with van der Waals surface area (Å²) in [5.41, 5.74) is 7.17. The summed E-state index contributed by atoms with van der Waals surface area (Å²) in [5, 5.41) is 2.35. The van der Waals surface area contributed by atoms with Gasteiger partial charge in [0, 0.05) is 31.3 Å². The molecule has 0 spiro atoms. The maximum Gasteiger partial charge on any atom is 0.0649 e. The summed E-state index contributed by atoms with van der Waals surface area (Å²) in [4.78, 5) is 4.42. The predicted molar refractivity (Wildman–Crippen MR) is 69.8 cm³/mol. The zero-order valence-corrected chi connectivity index (χ0v) is 10.1. The molecule has 0 bridgehead atoms. The molecule has 0 aliphatic heterocycles. The van der Waals surface area contributed by atoms with E-state index in [0.717, 1.165) is 30.5 Å². The number of aromatic nitrogens is 1. The summed E-state index contributed by atoms with van der Waals surface area (Å²) in [5.74, 6) is 0. The van der Waals surface area contributed by atoms with E-state index in [1.54, 1.807) is 7.11 Å². The number of nitrogens with two attached hydrogens (primary N) is 1. The van der Waals surface area contributed by atoms with Crippen molar-refractivity contribution in [1.82, 2.24) is 4.98 Å². The number of nitrogens with zero attached hydrogens (tertiary/aromatic N) is 1. The lowest BCUT2D eigenvalue weighted by Gasteiger charge is -2.13. The molecule has 3 nitrogen and oxygen atoms in total. The molecule has 2 N–H and O–H groups in total. The van der Waals surface area contributed by atoms with Crippen LogP contribution < -0.4 is 5.73 Å². The highest BCUT2D eigenvalue weighted by Crippen LogP contribution is 2.23. The standard InChI is InChI=1S/C14H18N2O/c1-17-10-4-7-13(15)14-12-6-3-2-5-11(12)8-9-16-14/h2-3,5-6,8-9,13H,4,7,10,15H2,1H3. The normalized spacial score (nSPS) is 12.8. The topological polar surface area (TPSA) is 48.1 Å². The van der Waals surface area contributed by atoms with Gasteiger partial charge in [-0.05, 0) is 24.3 Å². The SMILES string of the molecule is COCCCC(N)c1nccc2ccccc12. The molecule has 2 aromatic rings. The van der Waals surface area contributed by atoms with Crippen molar-refractivity contribution in [3.8, 4) is 0 Å². The van der Waals surface area contributed by atoms with E-state index in [2.05, 4.69) is 17.1 Å². The minimum absolute atomic E-state index is 0.0174. The van der Waals surface area contributed by atoms with Gasteiger partial charge in [0.2, 0.25) is 0 Å². The van der Waals surface area contributed by atoms with Crippen LogP contribution in [0.15, 0.2) is 36.5 Å². The van der Waals surface area contributed by atoms with Crippen molar-refractivity contribution in [3.05, 3.63) is 42.2 Å². The second kappa shape index (κ2) is 5.75. The molecular formula is C14H18N2O. The Balaban J connectivity index is 2.22. The molecule has 1 aromatic heterocycles. The predicted octanol–water partition coefficient (Wildman–Crippen LogP) is 2.66. The quantitative estimate of drug-likeness (QED) is 0.803. The van der Waals surface area contributed by atoms with Gasteiger partial charge >= 0.3 is 0 Å². The molecular weight excluding hydrogens is 212 g/mol. The van der Waals surface area contributed by atoms with Gasteiger partial charge in [-0.1, -0.05) is 24.3 Å². The fourth-order valence-electron chi connectivity index (χ4n) is 2.02. The molecule has 0 fully saturated rings. The Morgan fingerprint density at radius 1 is 1.29 bits per heavy atom. The van der Waals surface area contributed by atoms with Crippen molar-refractivity contribution in [3.63, 3.8) is 0 Å². The van der Waals surface area contributed by atoms with E-state index >= 15 is 0 Å². The molecule has 1 heterocycles. The number of hydrogen-bond donors (Lipinski definition) is 1. The Morgan fingerprint density at radius 3 is 2.94 bits per heavy atom. The van der Waals surface area contributed by atoms with Crippen LogP contribution in [0.4, 0.5) is 0 Å². The minimum Gasteiger partial charge on any atom is -0.385 e. The van der Waals surface area contributed by atoms with Gasteiger partial charge < -0.3 is 10.5 Å². The first-order valence-corrected chi connectivity index (χ1v) is 5.91.